The quantitative estimate of drug-likeness (QED) is 0.111. The molecule has 0 unspecified atom stereocenters. The minimum Gasteiger partial charge on any atom is -0.453 e. The van der Waals surface area contributed by atoms with Gasteiger partial charge >= 0.3 is 12.2 Å². The average Bonchev–Trinajstić information content (AvgIpc) is 3.17. The fourth-order valence-electron chi connectivity index (χ4n) is 5.93. The molecule has 0 radical (unpaired) electrons. The summed E-state index contributed by atoms with van der Waals surface area (Å²) >= 11 is 0. The summed E-state index contributed by atoms with van der Waals surface area (Å²) in [7, 11) is 2.62. The number of amides is 4. The number of nitrogens with zero attached hydrogens (tertiary/aromatic N) is 2. The normalized spacial score (nSPS) is 14.0. The Morgan fingerprint density at radius 2 is 1.37 bits per heavy atom. The number of rotatable bonds is 16. The summed E-state index contributed by atoms with van der Waals surface area (Å²) in [5, 5.41) is 23.0. The zero-order valence-electron chi connectivity index (χ0n) is 31.3. The number of hydrogen-bond donors (Lipinski definition) is 5. The number of aliphatic hydroxyl groups is 1. The van der Waals surface area contributed by atoms with Gasteiger partial charge in [-0.05, 0) is 60.1 Å². The molecule has 0 aliphatic heterocycles. The van der Waals surface area contributed by atoms with Crippen LogP contribution in [0.2, 0.25) is 0 Å². The number of methoxy groups -OCH3 is 1. The molecule has 0 spiro atoms. The zero-order chi connectivity index (χ0) is 39.1. The Hall–Kier alpha value is -5.82. The first kappa shape index (κ1) is 40.9. The largest absolute Gasteiger partial charge is 0.453 e. The molecule has 54 heavy (non-hydrogen) atoms. The van der Waals surface area contributed by atoms with Crippen molar-refractivity contribution in [3.63, 3.8) is 0 Å². The van der Waals surface area contributed by atoms with Crippen molar-refractivity contribution in [3.05, 3.63) is 120 Å². The molecule has 5 atom stereocenters. The smallest absolute Gasteiger partial charge is 0.407 e. The Bertz CT molecular complexity index is 1790. The van der Waals surface area contributed by atoms with E-state index in [1.54, 1.807) is 30.6 Å². The number of carbonyl (C=O) groups excluding carboxylic acids is 4. The van der Waals surface area contributed by atoms with Gasteiger partial charge in [-0.2, -0.15) is 0 Å². The summed E-state index contributed by atoms with van der Waals surface area (Å²) in [6.07, 6.45) is -0.122. The van der Waals surface area contributed by atoms with Gasteiger partial charge in [0.2, 0.25) is 5.91 Å². The molecule has 13 nitrogen and oxygen atoms in total. The number of aromatic nitrogens is 2. The van der Waals surface area contributed by atoms with Crippen LogP contribution in [0.1, 0.15) is 44.0 Å². The van der Waals surface area contributed by atoms with Gasteiger partial charge in [0.1, 0.15) is 6.04 Å². The van der Waals surface area contributed by atoms with E-state index in [2.05, 4.69) is 31.2 Å². The minimum atomic E-state index is -1.25. The van der Waals surface area contributed by atoms with Crippen LogP contribution in [-0.4, -0.2) is 83.6 Å². The number of alkyl carbamates (subject to hydrolysis) is 2. The predicted octanol–water partition coefficient (Wildman–Crippen LogP) is 4.39. The standard InChI is InChI=1S/C41H50N6O7/c1-41(2,3)36(47-40(52)53-5)38(50)45-31(23-28-17-19-29(20-18-28)32-16-10-12-22-44-32)25-34(48)33(24-27-13-7-6-8-14-27)46-37(49)35(54-39(51)42-4)26-30-15-9-11-21-43-30/h6-22,31,33-36,48H,23-26H2,1-5H3,(H,42,51)(H,45,50)(H,46,49)(H,47,52)/t31-,33-,34-,35-,36+/m0/s1. The maximum atomic E-state index is 13.9. The van der Waals surface area contributed by atoms with E-state index in [0.717, 1.165) is 22.4 Å². The van der Waals surface area contributed by atoms with Crippen molar-refractivity contribution >= 4 is 24.0 Å². The van der Waals surface area contributed by atoms with Crippen LogP contribution in [0.3, 0.4) is 0 Å². The third-order valence-corrected chi connectivity index (χ3v) is 8.80. The first-order chi connectivity index (χ1) is 25.9. The van der Waals surface area contributed by atoms with Gasteiger partial charge in [0, 0.05) is 43.2 Å². The minimum absolute atomic E-state index is 0.00279. The number of nitrogens with one attached hydrogen (secondary N) is 4. The van der Waals surface area contributed by atoms with Crippen molar-refractivity contribution in [2.45, 2.75) is 76.8 Å². The van der Waals surface area contributed by atoms with E-state index in [4.69, 9.17) is 9.47 Å². The van der Waals surface area contributed by atoms with Gasteiger partial charge < -0.3 is 35.8 Å². The third-order valence-electron chi connectivity index (χ3n) is 8.80. The molecule has 2 aromatic carbocycles. The lowest BCUT2D eigenvalue weighted by Gasteiger charge is -2.33. The van der Waals surface area contributed by atoms with Gasteiger partial charge in [0.05, 0.1) is 24.9 Å². The highest BCUT2D eigenvalue weighted by molar-refractivity contribution is 5.86. The van der Waals surface area contributed by atoms with Gasteiger partial charge in [0.25, 0.3) is 5.91 Å². The molecule has 0 saturated heterocycles. The molecular formula is C41H50N6O7. The molecular weight excluding hydrogens is 688 g/mol. The first-order valence-electron chi connectivity index (χ1n) is 17.8. The Labute approximate surface area is 316 Å². The van der Waals surface area contributed by atoms with E-state index in [-0.39, 0.29) is 19.3 Å². The van der Waals surface area contributed by atoms with Crippen LogP contribution in [0.5, 0.6) is 0 Å². The average molecular weight is 739 g/mol. The lowest BCUT2D eigenvalue weighted by molar-refractivity contribution is -0.131. The second-order valence-corrected chi connectivity index (χ2v) is 14.0. The molecule has 4 amide bonds. The molecule has 4 aromatic rings. The van der Waals surface area contributed by atoms with Crippen LogP contribution >= 0.6 is 0 Å². The highest BCUT2D eigenvalue weighted by Gasteiger charge is 2.36. The van der Waals surface area contributed by atoms with Crippen molar-refractivity contribution in [2.24, 2.45) is 5.41 Å². The Morgan fingerprint density at radius 1 is 0.722 bits per heavy atom. The molecule has 13 heteroatoms. The number of carbonyl (C=O) groups is 4. The third kappa shape index (κ3) is 12.7. The highest BCUT2D eigenvalue weighted by atomic mass is 16.6. The molecule has 5 N–H and O–H groups in total. The lowest BCUT2D eigenvalue weighted by atomic mass is 9.85. The van der Waals surface area contributed by atoms with Crippen LogP contribution in [0, 0.1) is 5.41 Å². The van der Waals surface area contributed by atoms with Crippen molar-refractivity contribution in [1.29, 1.82) is 0 Å². The van der Waals surface area contributed by atoms with Crippen LogP contribution in [0.25, 0.3) is 11.3 Å². The number of pyridine rings is 2. The Morgan fingerprint density at radius 3 is 1.96 bits per heavy atom. The summed E-state index contributed by atoms with van der Waals surface area (Å²) in [6, 6.07) is 25.5. The van der Waals surface area contributed by atoms with E-state index in [1.807, 2.05) is 93.6 Å². The molecule has 286 valence electrons. The highest BCUT2D eigenvalue weighted by Crippen LogP contribution is 2.22. The van der Waals surface area contributed by atoms with Gasteiger partial charge in [-0.25, -0.2) is 9.59 Å². The second kappa shape index (κ2) is 19.9. The number of ether oxygens (including phenoxy) is 2. The second-order valence-electron chi connectivity index (χ2n) is 14.0. The zero-order valence-corrected chi connectivity index (χ0v) is 31.3. The molecule has 0 fully saturated rings. The predicted molar refractivity (Wildman–Crippen MR) is 204 cm³/mol. The van der Waals surface area contributed by atoms with Gasteiger partial charge in [-0.1, -0.05) is 87.5 Å². The maximum Gasteiger partial charge on any atom is 0.407 e. The Kier molecular flexibility index (Phi) is 15.1. The van der Waals surface area contributed by atoms with Crippen molar-refractivity contribution in [3.8, 4) is 11.3 Å². The van der Waals surface area contributed by atoms with E-state index < -0.39 is 59.7 Å². The van der Waals surface area contributed by atoms with Gasteiger partial charge in [0.15, 0.2) is 6.10 Å². The monoisotopic (exact) mass is 738 g/mol. The molecule has 0 saturated carbocycles. The molecule has 0 bridgehead atoms. The van der Waals surface area contributed by atoms with Crippen LogP contribution < -0.4 is 21.3 Å². The molecule has 2 heterocycles. The summed E-state index contributed by atoms with van der Waals surface area (Å²) in [5.41, 5.74) is 3.29. The molecule has 0 aliphatic carbocycles. The van der Waals surface area contributed by atoms with Gasteiger partial charge in [-0.3, -0.25) is 19.6 Å². The summed E-state index contributed by atoms with van der Waals surface area (Å²) < 4.78 is 10.3. The van der Waals surface area contributed by atoms with E-state index in [0.29, 0.717) is 12.1 Å². The number of aliphatic hydroxyl groups excluding tert-OH is 1. The van der Waals surface area contributed by atoms with Crippen LogP contribution in [0.4, 0.5) is 9.59 Å². The topological polar surface area (TPSA) is 181 Å². The van der Waals surface area contributed by atoms with Crippen LogP contribution in [0.15, 0.2) is 103 Å². The fourth-order valence-corrected chi connectivity index (χ4v) is 5.93. The summed E-state index contributed by atoms with van der Waals surface area (Å²) in [6.45, 7) is 5.46. The first-order valence-corrected chi connectivity index (χ1v) is 17.8. The van der Waals surface area contributed by atoms with Crippen molar-refractivity contribution in [1.82, 2.24) is 31.2 Å². The Balaban J connectivity index is 1.63. The van der Waals surface area contributed by atoms with E-state index in [9.17, 15) is 24.3 Å². The number of hydrogen-bond acceptors (Lipinski definition) is 9. The fraction of sp³-hybridized carbons (Fsp3) is 0.366. The SMILES string of the molecule is CNC(=O)O[C@@H](Cc1ccccn1)C(=O)N[C@@H](Cc1ccccc1)[C@@H](O)C[C@H](Cc1ccc(-c2ccccn2)cc1)NC(=O)[C@@H](NC(=O)OC)C(C)(C)C. The molecule has 4 rings (SSSR count). The maximum absolute atomic E-state index is 13.9. The number of benzene rings is 2. The molecule has 2 aromatic heterocycles. The lowest BCUT2D eigenvalue weighted by Crippen LogP contribution is -2.57. The summed E-state index contributed by atoms with van der Waals surface area (Å²) in [4.78, 5) is 61.0. The van der Waals surface area contributed by atoms with Crippen molar-refractivity contribution < 1.29 is 33.8 Å². The van der Waals surface area contributed by atoms with E-state index in [1.165, 1.54) is 14.2 Å². The van der Waals surface area contributed by atoms with Crippen LogP contribution in [-0.2, 0) is 38.3 Å². The van der Waals surface area contributed by atoms with Crippen molar-refractivity contribution in [2.75, 3.05) is 14.2 Å². The molecule has 0 aliphatic rings. The van der Waals surface area contributed by atoms with Gasteiger partial charge in [-0.15, -0.1) is 0 Å². The van der Waals surface area contributed by atoms with E-state index >= 15 is 0 Å². The summed E-state index contributed by atoms with van der Waals surface area (Å²) in [5.74, 6) is -1.08.